The zero-order valence-corrected chi connectivity index (χ0v) is 18.8. The molecule has 0 nitrogen and oxygen atoms in total. The zero-order valence-electron chi connectivity index (χ0n) is 12.0. The van der Waals surface area contributed by atoms with Crippen LogP contribution in [-0.2, 0) is 0 Å². The predicted molar refractivity (Wildman–Crippen MR) is 122 cm³/mol. The Labute approximate surface area is 164 Å². The minimum atomic E-state index is 0.371. The number of rotatable bonds is 13. The second-order valence-electron chi connectivity index (χ2n) is 4.10. The average Bonchev–Trinajstić information content (AvgIpc) is 2.37. The fourth-order valence-corrected chi connectivity index (χ4v) is 8.39. The van der Waals surface area contributed by atoms with Crippen molar-refractivity contribution in [3.8, 4) is 0 Å². The van der Waals surface area contributed by atoms with E-state index < -0.39 is 0 Å². The number of thiol groups is 4. The Hall–Kier alpha value is 2.80. The maximum atomic E-state index is 4.57. The maximum Gasteiger partial charge on any atom is 0.0632 e. The van der Waals surface area contributed by atoms with Crippen molar-refractivity contribution in [2.75, 3.05) is 28.8 Å². The van der Waals surface area contributed by atoms with Crippen LogP contribution >= 0.6 is 97.6 Å². The van der Waals surface area contributed by atoms with Crippen LogP contribution in [0.15, 0.2) is 0 Å². The van der Waals surface area contributed by atoms with Crippen LogP contribution in [0.3, 0.4) is 0 Å². The molecule has 0 amide bonds. The molecule has 0 rings (SSSR count). The first kappa shape index (κ1) is 22.8. The van der Waals surface area contributed by atoms with Gasteiger partial charge in [0.2, 0.25) is 0 Å². The van der Waals surface area contributed by atoms with Crippen LogP contribution < -0.4 is 0 Å². The summed E-state index contributed by atoms with van der Waals surface area (Å²) in [5, 5.41) is 0.624. The Morgan fingerprint density at radius 3 is 1.95 bits per heavy atom. The van der Waals surface area contributed by atoms with Gasteiger partial charge < -0.3 is 0 Å². The second kappa shape index (κ2) is 15.3. The summed E-state index contributed by atoms with van der Waals surface area (Å²) in [6.07, 6.45) is 1.23. The Morgan fingerprint density at radius 2 is 1.45 bits per heavy atom. The van der Waals surface area contributed by atoms with Crippen LogP contribution in [0, 0.1) is 0 Å². The smallest absolute Gasteiger partial charge is 0.0632 e. The lowest BCUT2D eigenvalue weighted by Gasteiger charge is -2.28. The van der Waals surface area contributed by atoms with Crippen molar-refractivity contribution in [2.24, 2.45) is 0 Å². The number of hydrogen-bond acceptors (Lipinski definition) is 8. The van der Waals surface area contributed by atoms with E-state index >= 15 is 0 Å². The largest absolute Gasteiger partial charge is 0.179 e. The van der Waals surface area contributed by atoms with Gasteiger partial charge in [-0.2, -0.15) is 62.3 Å². The van der Waals surface area contributed by atoms with Gasteiger partial charge in [-0.3, -0.25) is 0 Å². The van der Waals surface area contributed by atoms with E-state index in [2.05, 4.69) is 64.4 Å². The van der Waals surface area contributed by atoms with Gasteiger partial charge in [0.05, 0.1) is 4.58 Å². The highest BCUT2D eigenvalue weighted by molar-refractivity contribution is 8.22. The third kappa shape index (κ3) is 13.3. The third-order valence-corrected chi connectivity index (χ3v) is 9.39. The summed E-state index contributed by atoms with van der Waals surface area (Å²) in [7, 11) is 0. The average molecular weight is 427 g/mol. The molecule has 0 aliphatic heterocycles. The first-order chi connectivity index (χ1) is 9.51. The Bertz CT molecular complexity index is 212. The monoisotopic (exact) mass is 426 g/mol. The molecule has 0 aliphatic carbocycles. The maximum absolute atomic E-state index is 4.57. The summed E-state index contributed by atoms with van der Waals surface area (Å²) in [5.74, 6) is 5.35. The molecule has 0 aliphatic rings. The summed E-state index contributed by atoms with van der Waals surface area (Å²) in [6, 6.07) is 0. The van der Waals surface area contributed by atoms with Gasteiger partial charge >= 0.3 is 0 Å². The highest BCUT2D eigenvalue weighted by Gasteiger charge is 2.25. The van der Waals surface area contributed by atoms with Crippen molar-refractivity contribution < 1.29 is 0 Å². The summed E-state index contributed by atoms with van der Waals surface area (Å²) in [5.41, 5.74) is 0. The van der Waals surface area contributed by atoms with Gasteiger partial charge in [-0.1, -0.05) is 0 Å². The number of hydrogen-bond donors (Lipinski definition) is 4. The van der Waals surface area contributed by atoms with Crippen LogP contribution in [0.4, 0.5) is 0 Å². The highest BCUT2D eigenvalue weighted by atomic mass is 32.2. The summed E-state index contributed by atoms with van der Waals surface area (Å²) in [4.78, 5) is 0. The van der Waals surface area contributed by atoms with Crippen molar-refractivity contribution in [3.63, 3.8) is 0 Å². The first-order valence-electron chi connectivity index (χ1n) is 6.59. The molecule has 0 spiro atoms. The lowest BCUT2D eigenvalue weighted by molar-refractivity contribution is 0.899. The van der Waals surface area contributed by atoms with E-state index in [0.29, 0.717) is 19.0 Å². The summed E-state index contributed by atoms with van der Waals surface area (Å²) < 4.78 is 1.33. The summed E-state index contributed by atoms with van der Waals surface area (Å²) in [6.45, 7) is 4.32. The van der Waals surface area contributed by atoms with Gasteiger partial charge in [-0.05, 0) is 37.5 Å². The van der Waals surface area contributed by atoms with E-state index in [0.717, 1.165) is 23.0 Å². The minimum absolute atomic E-state index is 0.371. The molecule has 0 aromatic heterocycles. The molecular weight excluding hydrogens is 401 g/mol. The Morgan fingerprint density at radius 1 is 0.850 bits per heavy atom. The van der Waals surface area contributed by atoms with E-state index in [9.17, 15) is 0 Å². The lowest BCUT2D eigenvalue weighted by Crippen LogP contribution is -2.22. The van der Waals surface area contributed by atoms with Crippen LogP contribution in [0.5, 0.6) is 0 Å². The molecule has 0 N–H and O–H groups in total. The molecule has 0 heterocycles. The van der Waals surface area contributed by atoms with E-state index in [4.69, 9.17) is 0 Å². The van der Waals surface area contributed by atoms with Gasteiger partial charge in [0.1, 0.15) is 0 Å². The van der Waals surface area contributed by atoms with Crippen molar-refractivity contribution >= 4 is 97.6 Å². The first-order valence-corrected chi connectivity index (χ1v) is 13.0. The molecule has 0 saturated carbocycles. The number of thioether (sulfide) groups is 4. The van der Waals surface area contributed by atoms with Crippen molar-refractivity contribution in [3.05, 3.63) is 0 Å². The van der Waals surface area contributed by atoms with E-state index in [-0.39, 0.29) is 0 Å². The third-order valence-electron chi connectivity index (χ3n) is 2.16. The molecule has 4 unspecified atom stereocenters. The molecule has 0 aromatic rings. The van der Waals surface area contributed by atoms with Crippen LogP contribution in [0.25, 0.3) is 0 Å². The Kier molecular flexibility index (Phi) is 17.5. The van der Waals surface area contributed by atoms with Crippen molar-refractivity contribution in [2.45, 2.75) is 39.3 Å². The van der Waals surface area contributed by atoms with Gasteiger partial charge in [0.15, 0.2) is 0 Å². The van der Waals surface area contributed by atoms with Crippen LogP contribution in [0.1, 0.15) is 20.3 Å². The molecular formula is C12H26S8. The summed E-state index contributed by atoms with van der Waals surface area (Å²) >= 11 is 25.7. The quantitative estimate of drug-likeness (QED) is 0.176. The van der Waals surface area contributed by atoms with Gasteiger partial charge in [-0.15, -0.1) is 35.3 Å². The van der Waals surface area contributed by atoms with E-state index in [1.54, 1.807) is 0 Å². The van der Waals surface area contributed by atoms with Crippen LogP contribution in [-0.4, -0.2) is 47.8 Å². The fourth-order valence-electron chi connectivity index (χ4n) is 1.48. The molecule has 122 valence electrons. The molecule has 8 heteroatoms. The van der Waals surface area contributed by atoms with Crippen molar-refractivity contribution in [1.82, 2.24) is 0 Å². The van der Waals surface area contributed by atoms with Gasteiger partial charge in [0.25, 0.3) is 0 Å². The highest BCUT2D eigenvalue weighted by Crippen LogP contribution is 2.40. The van der Waals surface area contributed by atoms with E-state index in [1.807, 2.05) is 47.0 Å². The fraction of sp³-hybridized carbons (Fsp3) is 1.00. The standard InChI is InChI=1S/C12H26S8/c1-9(15)19-11(3-6-17-7-4-13)12(18-8-5-14)20-10(2)16/h9-16H,3-8H2,1-2H3. The minimum Gasteiger partial charge on any atom is -0.179 e. The molecule has 4 atom stereocenters. The lowest BCUT2D eigenvalue weighted by atomic mass is 10.4. The molecule has 0 saturated heterocycles. The molecule has 0 radical (unpaired) electrons. The topological polar surface area (TPSA) is 0 Å². The van der Waals surface area contributed by atoms with Gasteiger partial charge in [0, 0.05) is 25.9 Å². The molecule has 0 fully saturated rings. The van der Waals surface area contributed by atoms with Gasteiger partial charge in [-0.25, -0.2) is 0 Å². The molecule has 0 bridgehead atoms. The Balaban J connectivity index is 4.45. The van der Waals surface area contributed by atoms with Crippen LogP contribution in [0.2, 0.25) is 0 Å². The SMILES string of the molecule is CC(S)SC(CCSCCS)C(SCCS)SC(C)S. The molecule has 0 aromatic carbocycles. The zero-order chi connectivity index (χ0) is 15.4. The second-order valence-corrected chi connectivity index (χ2v) is 13.1. The predicted octanol–water partition coefficient (Wildman–Crippen LogP) is 5.42. The van der Waals surface area contributed by atoms with Crippen molar-refractivity contribution in [1.29, 1.82) is 0 Å². The normalized spacial score (nSPS) is 17.7. The molecule has 20 heavy (non-hydrogen) atoms. The van der Waals surface area contributed by atoms with E-state index in [1.165, 1.54) is 12.2 Å².